The molecule has 2 N–H and O–H groups in total. The lowest BCUT2D eigenvalue weighted by Crippen LogP contribution is -2.72. The third kappa shape index (κ3) is 5.09. The smallest absolute Gasteiger partial charge is 0.430 e. The van der Waals surface area contributed by atoms with Gasteiger partial charge in [-0.2, -0.15) is 0 Å². The largest absolute Gasteiger partial charge is 0.443 e. The number of carbonyl (C=O) groups excluding carboxylic acids is 3. The summed E-state index contributed by atoms with van der Waals surface area (Å²) >= 11 is 0. The molecule has 8 heteroatoms. The molecule has 1 aliphatic heterocycles. The first-order valence-corrected chi connectivity index (χ1v) is 7.12. The molecule has 1 saturated heterocycles. The van der Waals surface area contributed by atoms with Crippen LogP contribution in [0.5, 0.6) is 0 Å². The number of hydrazine groups is 1. The van der Waals surface area contributed by atoms with Gasteiger partial charge in [0.2, 0.25) is 5.91 Å². The second-order valence-electron chi connectivity index (χ2n) is 7.21. The van der Waals surface area contributed by atoms with Crippen LogP contribution in [0.2, 0.25) is 0 Å². The van der Waals surface area contributed by atoms with Crippen LogP contribution in [0.1, 0.15) is 48.5 Å². The molecule has 0 bridgehead atoms. The first kappa shape index (κ1) is 18.1. The molecule has 1 rings (SSSR count). The van der Waals surface area contributed by atoms with Crippen LogP contribution in [0.3, 0.4) is 0 Å². The van der Waals surface area contributed by atoms with Crippen molar-refractivity contribution in [3.8, 4) is 0 Å². The second kappa shape index (κ2) is 6.02. The highest BCUT2D eigenvalue weighted by molar-refractivity contribution is 5.92. The number of ether oxygens (including phenoxy) is 2. The quantitative estimate of drug-likeness (QED) is 0.565. The molecular formula is C14H25N3O5. The van der Waals surface area contributed by atoms with Crippen LogP contribution in [0.15, 0.2) is 0 Å². The zero-order chi connectivity index (χ0) is 17.3. The van der Waals surface area contributed by atoms with E-state index in [1.165, 1.54) is 0 Å². The number of rotatable bonds is 1. The van der Waals surface area contributed by atoms with Crippen LogP contribution in [0.25, 0.3) is 0 Å². The van der Waals surface area contributed by atoms with E-state index in [1.54, 1.807) is 48.5 Å². The molecule has 0 radical (unpaired) electrons. The van der Waals surface area contributed by atoms with Gasteiger partial charge in [0.15, 0.2) is 6.04 Å². The second-order valence-corrected chi connectivity index (χ2v) is 7.21. The van der Waals surface area contributed by atoms with Crippen molar-refractivity contribution >= 4 is 18.1 Å². The maximum atomic E-state index is 12.2. The fourth-order valence-corrected chi connectivity index (χ4v) is 1.80. The maximum Gasteiger partial charge on any atom is 0.430 e. The van der Waals surface area contributed by atoms with Gasteiger partial charge in [0, 0.05) is 0 Å². The molecule has 0 aromatic heterocycles. The van der Waals surface area contributed by atoms with E-state index in [2.05, 4.69) is 10.7 Å². The lowest BCUT2D eigenvalue weighted by atomic mass is 10.0. The van der Waals surface area contributed by atoms with Crippen LogP contribution >= 0.6 is 0 Å². The molecule has 2 atom stereocenters. The van der Waals surface area contributed by atoms with Crippen molar-refractivity contribution in [2.45, 2.75) is 71.8 Å². The van der Waals surface area contributed by atoms with Crippen LogP contribution in [0.4, 0.5) is 9.59 Å². The van der Waals surface area contributed by atoms with Gasteiger partial charge in [-0.15, -0.1) is 0 Å². The SMILES string of the molecule is C[C@H]1NC(=O)[C@H]1N(NC(=O)OC(C)(C)C)C(=O)OC(C)(C)C. The zero-order valence-electron chi connectivity index (χ0n) is 14.1. The number of nitrogens with zero attached hydrogens (tertiary/aromatic N) is 1. The normalized spacial score (nSPS) is 21.3. The summed E-state index contributed by atoms with van der Waals surface area (Å²) in [5, 5.41) is 3.47. The summed E-state index contributed by atoms with van der Waals surface area (Å²) in [7, 11) is 0. The Morgan fingerprint density at radius 1 is 1.09 bits per heavy atom. The van der Waals surface area contributed by atoms with Crippen molar-refractivity contribution in [1.82, 2.24) is 15.8 Å². The van der Waals surface area contributed by atoms with Crippen molar-refractivity contribution < 1.29 is 23.9 Å². The highest BCUT2D eigenvalue weighted by Crippen LogP contribution is 2.17. The molecule has 8 nitrogen and oxygen atoms in total. The Labute approximate surface area is 130 Å². The Hall–Kier alpha value is -1.99. The minimum Gasteiger partial charge on any atom is -0.443 e. The number of nitrogens with one attached hydrogen (secondary N) is 2. The number of hydrogen-bond donors (Lipinski definition) is 2. The summed E-state index contributed by atoms with van der Waals surface area (Å²) in [4.78, 5) is 35.8. The lowest BCUT2D eigenvalue weighted by molar-refractivity contribution is -0.138. The lowest BCUT2D eigenvalue weighted by Gasteiger charge is -2.41. The van der Waals surface area contributed by atoms with E-state index in [0.29, 0.717) is 0 Å². The zero-order valence-corrected chi connectivity index (χ0v) is 14.1. The average molecular weight is 315 g/mol. The third-order valence-corrected chi connectivity index (χ3v) is 2.59. The fourth-order valence-electron chi connectivity index (χ4n) is 1.80. The third-order valence-electron chi connectivity index (χ3n) is 2.59. The van der Waals surface area contributed by atoms with Gasteiger partial charge < -0.3 is 14.8 Å². The van der Waals surface area contributed by atoms with E-state index in [1.807, 2.05) is 0 Å². The van der Waals surface area contributed by atoms with Crippen molar-refractivity contribution in [1.29, 1.82) is 0 Å². The molecule has 1 aliphatic rings. The van der Waals surface area contributed by atoms with Crippen LogP contribution in [-0.4, -0.2) is 46.4 Å². The summed E-state index contributed by atoms with van der Waals surface area (Å²) in [5.74, 6) is -0.366. The van der Waals surface area contributed by atoms with Gasteiger partial charge in [-0.05, 0) is 48.5 Å². The van der Waals surface area contributed by atoms with E-state index in [4.69, 9.17) is 9.47 Å². The molecule has 0 aromatic rings. The van der Waals surface area contributed by atoms with E-state index >= 15 is 0 Å². The minimum absolute atomic E-state index is 0.296. The molecule has 1 heterocycles. The molecule has 22 heavy (non-hydrogen) atoms. The van der Waals surface area contributed by atoms with Crippen molar-refractivity contribution in [3.05, 3.63) is 0 Å². The summed E-state index contributed by atoms with van der Waals surface area (Å²) in [6, 6.07) is -1.13. The summed E-state index contributed by atoms with van der Waals surface area (Å²) < 4.78 is 10.3. The van der Waals surface area contributed by atoms with E-state index in [-0.39, 0.29) is 11.9 Å². The van der Waals surface area contributed by atoms with Gasteiger partial charge in [0.05, 0.1) is 6.04 Å². The number of amides is 3. The summed E-state index contributed by atoms with van der Waals surface area (Å²) in [6.45, 7) is 11.9. The number of carbonyl (C=O) groups is 3. The Balaban J connectivity index is 2.85. The molecule has 0 saturated carbocycles. The van der Waals surface area contributed by atoms with Crippen LogP contribution in [-0.2, 0) is 14.3 Å². The predicted molar refractivity (Wildman–Crippen MR) is 78.8 cm³/mol. The van der Waals surface area contributed by atoms with E-state index < -0.39 is 29.4 Å². The Morgan fingerprint density at radius 3 is 1.95 bits per heavy atom. The maximum absolute atomic E-state index is 12.2. The topological polar surface area (TPSA) is 97.0 Å². The number of hydrogen-bond acceptors (Lipinski definition) is 5. The number of β-lactam (4-membered cyclic amide) rings is 1. The first-order chi connectivity index (χ1) is 9.80. The standard InChI is InChI=1S/C14H25N3O5/c1-8-9(10(18)15-8)17(12(20)22-14(5,6)7)16-11(19)21-13(2,3)4/h8-9H,1-7H3,(H,15,18)(H,16,19)/t8-,9+/m1/s1. The minimum atomic E-state index is -0.831. The highest BCUT2D eigenvalue weighted by Gasteiger charge is 2.45. The molecule has 0 spiro atoms. The molecule has 126 valence electrons. The molecular weight excluding hydrogens is 290 g/mol. The molecule has 0 aromatic carbocycles. The van der Waals surface area contributed by atoms with Gasteiger partial charge in [-0.25, -0.2) is 20.0 Å². The van der Waals surface area contributed by atoms with Gasteiger partial charge in [-0.3, -0.25) is 4.79 Å². The van der Waals surface area contributed by atoms with Gasteiger partial charge in [0.25, 0.3) is 0 Å². The van der Waals surface area contributed by atoms with Gasteiger partial charge in [0.1, 0.15) is 11.2 Å². The van der Waals surface area contributed by atoms with Gasteiger partial charge in [-0.1, -0.05) is 0 Å². The predicted octanol–water partition coefficient (Wildman–Crippen LogP) is 1.55. The van der Waals surface area contributed by atoms with Crippen molar-refractivity contribution in [2.75, 3.05) is 0 Å². The Morgan fingerprint density at radius 2 is 1.59 bits per heavy atom. The van der Waals surface area contributed by atoms with Crippen molar-refractivity contribution in [2.24, 2.45) is 0 Å². The fraction of sp³-hybridized carbons (Fsp3) is 0.786. The average Bonchev–Trinajstić information content (AvgIpc) is 2.22. The monoisotopic (exact) mass is 315 g/mol. The van der Waals surface area contributed by atoms with E-state index in [0.717, 1.165) is 5.01 Å². The first-order valence-electron chi connectivity index (χ1n) is 7.12. The van der Waals surface area contributed by atoms with Crippen LogP contribution < -0.4 is 10.7 Å². The molecule has 0 aliphatic carbocycles. The Bertz CT molecular complexity index is 464. The van der Waals surface area contributed by atoms with Gasteiger partial charge >= 0.3 is 12.2 Å². The van der Waals surface area contributed by atoms with E-state index in [9.17, 15) is 14.4 Å². The molecule has 3 amide bonds. The van der Waals surface area contributed by atoms with Crippen molar-refractivity contribution in [3.63, 3.8) is 0 Å². The molecule has 0 unspecified atom stereocenters. The summed E-state index contributed by atoms with van der Waals surface area (Å²) in [5.41, 5.74) is 0.815. The van der Waals surface area contributed by atoms with Crippen LogP contribution in [0, 0.1) is 0 Å². The highest BCUT2D eigenvalue weighted by atomic mass is 16.6. The Kier molecular flexibility index (Phi) is 4.94. The molecule has 1 fully saturated rings. The summed E-state index contributed by atoms with van der Waals surface area (Å²) in [6.07, 6.45) is -1.64.